The van der Waals surface area contributed by atoms with Gasteiger partial charge >= 0.3 is 0 Å². The average molecular weight is 575 g/mol. The summed E-state index contributed by atoms with van der Waals surface area (Å²) in [5, 5.41) is 7.39. The highest BCUT2D eigenvalue weighted by Crippen LogP contribution is 2.35. The van der Waals surface area contributed by atoms with Crippen molar-refractivity contribution in [2.24, 2.45) is 5.10 Å². The number of nitrogens with zero attached hydrogens (tertiary/aromatic N) is 4. The Bertz CT molecular complexity index is 1870. The van der Waals surface area contributed by atoms with Crippen LogP contribution < -0.4 is 10.3 Å². The van der Waals surface area contributed by atoms with Crippen molar-refractivity contribution in [1.29, 1.82) is 0 Å². The number of thioether (sulfide) groups is 1. The molecule has 1 aliphatic rings. The number of hydrogen-bond acceptors (Lipinski definition) is 6. The molecule has 0 saturated carbocycles. The molecule has 6 rings (SSSR count). The Morgan fingerprint density at radius 3 is 2.43 bits per heavy atom. The lowest BCUT2D eigenvalue weighted by Crippen LogP contribution is -2.29. The predicted octanol–water partition coefficient (Wildman–Crippen LogP) is 6.48. The lowest BCUT2D eigenvalue weighted by molar-refractivity contribution is -0.130. The van der Waals surface area contributed by atoms with Crippen LogP contribution >= 0.6 is 11.8 Å². The van der Waals surface area contributed by atoms with Gasteiger partial charge in [0.25, 0.3) is 11.5 Å². The Kier molecular flexibility index (Phi) is 7.63. The molecule has 1 aliphatic heterocycles. The molecule has 5 aromatic rings. The number of para-hydroxylation sites is 1. The van der Waals surface area contributed by atoms with Crippen molar-refractivity contribution in [3.63, 3.8) is 0 Å². The number of methoxy groups -OCH3 is 1. The first-order valence-corrected chi connectivity index (χ1v) is 14.7. The van der Waals surface area contributed by atoms with Gasteiger partial charge in [-0.05, 0) is 66.4 Å². The number of ether oxygens (including phenoxy) is 1. The molecule has 1 atom stereocenters. The van der Waals surface area contributed by atoms with E-state index in [4.69, 9.17) is 14.8 Å². The first kappa shape index (κ1) is 27.5. The molecule has 0 aliphatic carbocycles. The Labute approximate surface area is 248 Å². The summed E-state index contributed by atoms with van der Waals surface area (Å²) < 4.78 is 6.97. The van der Waals surface area contributed by atoms with Crippen LogP contribution in [0.25, 0.3) is 16.6 Å². The third-order valence-corrected chi connectivity index (χ3v) is 8.58. The zero-order valence-corrected chi connectivity index (χ0v) is 24.5. The largest absolute Gasteiger partial charge is 0.497 e. The summed E-state index contributed by atoms with van der Waals surface area (Å²) in [6, 6.07) is 30.6. The Morgan fingerprint density at radius 2 is 1.67 bits per heavy atom. The molecule has 1 aromatic heterocycles. The number of aryl methyl sites for hydroxylation is 1. The number of carbonyl (C=O) groups excluding carboxylic acids is 1. The minimum atomic E-state index is -0.259. The van der Waals surface area contributed by atoms with E-state index in [1.807, 2.05) is 105 Å². The molecular formula is C34H30N4O3S. The molecule has 1 unspecified atom stereocenters. The molecule has 210 valence electrons. The van der Waals surface area contributed by atoms with E-state index in [1.165, 1.54) is 11.8 Å². The van der Waals surface area contributed by atoms with Crippen LogP contribution in [-0.2, 0) is 4.79 Å². The highest BCUT2D eigenvalue weighted by molar-refractivity contribution is 7.99. The summed E-state index contributed by atoms with van der Waals surface area (Å²) in [5.74, 6) is 0.649. The zero-order chi connectivity index (χ0) is 29.2. The fourth-order valence-corrected chi connectivity index (χ4v) is 6.08. The second kappa shape index (κ2) is 11.7. The fourth-order valence-electron chi connectivity index (χ4n) is 5.22. The van der Waals surface area contributed by atoms with E-state index in [1.54, 1.807) is 22.8 Å². The molecule has 4 aromatic carbocycles. The minimum Gasteiger partial charge on any atom is -0.497 e. The first-order chi connectivity index (χ1) is 20.4. The van der Waals surface area contributed by atoms with Crippen molar-refractivity contribution in [2.75, 3.05) is 12.9 Å². The monoisotopic (exact) mass is 574 g/mol. The molecule has 7 nitrogen and oxygen atoms in total. The molecule has 0 N–H and O–H groups in total. The van der Waals surface area contributed by atoms with E-state index in [9.17, 15) is 9.59 Å². The molecule has 0 spiro atoms. The van der Waals surface area contributed by atoms with E-state index < -0.39 is 0 Å². The molecule has 0 fully saturated rings. The number of hydrogen-bond donors (Lipinski definition) is 0. The Morgan fingerprint density at radius 1 is 0.929 bits per heavy atom. The summed E-state index contributed by atoms with van der Waals surface area (Å²) in [4.78, 5) is 32.5. The van der Waals surface area contributed by atoms with Crippen LogP contribution in [-0.4, -0.2) is 39.0 Å². The van der Waals surface area contributed by atoms with E-state index in [0.29, 0.717) is 22.5 Å². The van der Waals surface area contributed by atoms with Crippen molar-refractivity contribution in [1.82, 2.24) is 14.6 Å². The quantitative estimate of drug-likeness (QED) is 0.164. The molecule has 2 heterocycles. The second-order valence-corrected chi connectivity index (χ2v) is 11.1. The van der Waals surface area contributed by atoms with Gasteiger partial charge in [-0.2, -0.15) is 5.10 Å². The summed E-state index contributed by atoms with van der Waals surface area (Å²) >= 11 is 1.25. The molecule has 0 bridgehead atoms. The van der Waals surface area contributed by atoms with Gasteiger partial charge in [-0.3, -0.25) is 14.2 Å². The Balaban J connectivity index is 1.36. The van der Waals surface area contributed by atoms with Gasteiger partial charge in [-0.1, -0.05) is 78.5 Å². The van der Waals surface area contributed by atoms with Crippen molar-refractivity contribution >= 4 is 34.3 Å². The second-order valence-electron chi connectivity index (χ2n) is 10.2. The first-order valence-electron chi connectivity index (χ1n) is 13.7. The summed E-state index contributed by atoms with van der Waals surface area (Å²) in [7, 11) is 1.63. The van der Waals surface area contributed by atoms with Crippen LogP contribution in [0.4, 0.5) is 0 Å². The standard InChI is InChI=1S/C34H30N4O3S/c1-22-10-9-15-30(23(22)2)37-33(40)27-13-7-8-14-28(27)35-34(37)42-21-32(39)38-31(25-16-18-26(41-3)19-17-25)20-29(36-38)24-11-5-4-6-12-24/h4-19,31H,20-21H2,1-3H3. The molecule has 0 radical (unpaired) electrons. The van der Waals surface area contributed by atoms with Gasteiger partial charge in [-0.25, -0.2) is 9.99 Å². The minimum absolute atomic E-state index is 0.0634. The SMILES string of the molecule is COc1ccc(C2CC(c3ccccc3)=NN2C(=O)CSc2nc3ccccc3c(=O)n2-c2cccc(C)c2C)cc1. The van der Waals surface area contributed by atoms with E-state index in [2.05, 4.69) is 0 Å². The molecule has 0 saturated heterocycles. The lowest BCUT2D eigenvalue weighted by Gasteiger charge is -2.22. The molecule has 8 heteroatoms. The average Bonchev–Trinajstić information content (AvgIpc) is 3.48. The van der Waals surface area contributed by atoms with E-state index in [-0.39, 0.29) is 23.3 Å². The zero-order valence-electron chi connectivity index (χ0n) is 23.7. The third-order valence-electron chi connectivity index (χ3n) is 7.66. The predicted molar refractivity (Wildman–Crippen MR) is 168 cm³/mol. The summed E-state index contributed by atoms with van der Waals surface area (Å²) in [6.45, 7) is 4.01. The third kappa shape index (κ3) is 5.21. The van der Waals surface area contributed by atoms with Gasteiger partial charge in [0, 0.05) is 6.42 Å². The maximum Gasteiger partial charge on any atom is 0.266 e. The van der Waals surface area contributed by atoms with Gasteiger partial charge < -0.3 is 4.74 Å². The highest BCUT2D eigenvalue weighted by atomic mass is 32.2. The normalized spacial score (nSPS) is 14.7. The summed E-state index contributed by atoms with van der Waals surface area (Å²) in [6.07, 6.45) is 0.591. The maximum absolute atomic E-state index is 13.9. The Hall–Kier alpha value is -4.69. The van der Waals surface area contributed by atoms with E-state index in [0.717, 1.165) is 39.4 Å². The fraction of sp³-hybridized carbons (Fsp3) is 0.176. The van der Waals surface area contributed by atoms with Crippen LogP contribution in [0.3, 0.4) is 0 Å². The van der Waals surface area contributed by atoms with Crippen LogP contribution in [0.1, 0.15) is 34.7 Å². The van der Waals surface area contributed by atoms with Gasteiger partial charge in [-0.15, -0.1) is 0 Å². The lowest BCUT2D eigenvalue weighted by atomic mass is 9.98. The van der Waals surface area contributed by atoms with Gasteiger partial charge in [0.15, 0.2) is 5.16 Å². The molecular weight excluding hydrogens is 544 g/mol. The maximum atomic E-state index is 13.9. The number of rotatable bonds is 7. The van der Waals surface area contributed by atoms with Crippen molar-refractivity contribution in [3.8, 4) is 11.4 Å². The van der Waals surface area contributed by atoms with Crippen molar-refractivity contribution in [3.05, 3.63) is 130 Å². The van der Waals surface area contributed by atoms with Crippen molar-refractivity contribution in [2.45, 2.75) is 31.5 Å². The topological polar surface area (TPSA) is 76.8 Å². The van der Waals surface area contributed by atoms with Gasteiger partial charge in [0.2, 0.25) is 0 Å². The van der Waals surface area contributed by atoms with Crippen LogP contribution in [0.2, 0.25) is 0 Å². The van der Waals surface area contributed by atoms with E-state index >= 15 is 0 Å². The van der Waals surface area contributed by atoms with Gasteiger partial charge in [0.05, 0.1) is 41.2 Å². The summed E-state index contributed by atoms with van der Waals surface area (Å²) in [5.41, 5.74) is 6.06. The van der Waals surface area contributed by atoms with Gasteiger partial charge in [0.1, 0.15) is 5.75 Å². The number of fused-ring (bicyclic) bond motifs is 1. The van der Waals surface area contributed by atoms with Crippen LogP contribution in [0, 0.1) is 13.8 Å². The molecule has 42 heavy (non-hydrogen) atoms. The van der Waals surface area contributed by atoms with Crippen LogP contribution in [0.15, 0.2) is 112 Å². The van der Waals surface area contributed by atoms with Crippen molar-refractivity contribution < 1.29 is 9.53 Å². The number of carbonyl (C=O) groups is 1. The number of hydrazone groups is 1. The number of amides is 1. The smallest absolute Gasteiger partial charge is 0.266 e. The highest BCUT2D eigenvalue weighted by Gasteiger charge is 2.33. The molecule has 1 amide bonds. The number of benzene rings is 4. The number of aromatic nitrogens is 2. The van der Waals surface area contributed by atoms with Crippen LogP contribution in [0.5, 0.6) is 5.75 Å².